The molecule has 1 amide bonds. The van der Waals surface area contributed by atoms with E-state index in [0.717, 1.165) is 28.0 Å². The van der Waals surface area contributed by atoms with E-state index in [0.29, 0.717) is 30.5 Å². The molecular formula is C30H22Cl2N4O2S. The van der Waals surface area contributed by atoms with Crippen LogP contribution >= 0.6 is 34.5 Å². The average molecular weight is 574 g/mol. The molecule has 0 aliphatic carbocycles. The largest absolute Gasteiger partial charge is 0.384 e. The first kappa shape index (κ1) is 26.5. The lowest BCUT2D eigenvalue weighted by molar-refractivity contribution is -0.111. The smallest absolute Gasteiger partial charge is 0.274 e. The number of anilines is 1. The third-order valence-corrected chi connectivity index (χ3v) is 7.98. The molecule has 194 valence electrons. The number of thiazole rings is 1. The van der Waals surface area contributed by atoms with Crippen molar-refractivity contribution in [2.75, 3.05) is 5.32 Å². The van der Waals surface area contributed by atoms with Gasteiger partial charge in [-0.2, -0.15) is 5.26 Å². The third kappa shape index (κ3) is 5.15. The standard InChI is InChI=1S/C30H22Cl2N4O2S/c1-16-11-17(2)13-22(12-16)35-28(37)26-25(19-5-9-21(32)10-6-19)23(15-33)27(34)36-29(38)24(39-30(26)36)14-18-3-7-20(31)8-4-18/h3-14,25H,34H2,1-2H3,(H,35,37)/b24-14-. The molecule has 5 rings (SSSR count). The predicted molar refractivity (Wildman–Crippen MR) is 158 cm³/mol. The highest BCUT2D eigenvalue weighted by Gasteiger charge is 2.35. The number of carbonyl (C=O) groups is 1. The van der Waals surface area contributed by atoms with Crippen LogP contribution in [0.15, 0.2) is 77.1 Å². The molecule has 2 heterocycles. The van der Waals surface area contributed by atoms with E-state index in [4.69, 9.17) is 28.9 Å². The van der Waals surface area contributed by atoms with Gasteiger partial charge in [-0.3, -0.25) is 14.2 Å². The van der Waals surface area contributed by atoms with Gasteiger partial charge in [0.15, 0.2) is 0 Å². The number of aryl methyl sites for hydroxylation is 2. The van der Waals surface area contributed by atoms with Gasteiger partial charge in [0.2, 0.25) is 0 Å². The van der Waals surface area contributed by atoms with Crippen LogP contribution in [0.5, 0.6) is 0 Å². The summed E-state index contributed by atoms with van der Waals surface area (Å²) in [6, 6.07) is 21.8. The van der Waals surface area contributed by atoms with Gasteiger partial charge in [-0.15, -0.1) is 11.3 Å². The molecule has 6 nitrogen and oxygen atoms in total. The molecule has 0 radical (unpaired) electrons. The minimum absolute atomic E-state index is 0.00703. The van der Waals surface area contributed by atoms with Gasteiger partial charge in [0, 0.05) is 15.7 Å². The number of amides is 1. The minimum atomic E-state index is -0.806. The van der Waals surface area contributed by atoms with E-state index in [2.05, 4.69) is 11.4 Å². The van der Waals surface area contributed by atoms with Crippen molar-refractivity contribution >= 4 is 63.6 Å². The van der Waals surface area contributed by atoms with Crippen LogP contribution in [0.25, 0.3) is 17.5 Å². The number of nitrogens with two attached hydrogens (primary N) is 1. The second-order valence-electron chi connectivity index (χ2n) is 9.25. The number of fused-ring (bicyclic) bond motifs is 1. The highest BCUT2D eigenvalue weighted by Crippen LogP contribution is 2.37. The lowest BCUT2D eigenvalue weighted by atomic mass is 9.83. The molecule has 1 aromatic heterocycles. The van der Waals surface area contributed by atoms with Gasteiger partial charge in [-0.1, -0.05) is 53.5 Å². The van der Waals surface area contributed by atoms with Crippen molar-refractivity contribution < 1.29 is 4.79 Å². The van der Waals surface area contributed by atoms with E-state index < -0.39 is 17.4 Å². The zero-order valence-electron chi connectivity index (χ0n) is 21.0. The number of allylic oxidation sites excluding steroid dienone is 1. The van der Waals surface area contributed by atoms with E-state index in [-0.39, 0.29) is 17.0 Å². The van der Waals surface area contributed by atoms with Gasteiger partial charge in [0.1, 0.15) is 10.5 Å². The Morgan fingerprint density at radius 1 is 1.03 bits per heavy atom. The number of hydrogen-bond acceptors (Lipinski definition) is 5. The monoisotopic (exact) mass is 572 g/mol. The second kappa shape index (κ2) is 10.6. The highest BCUT2D eigenvalue weighted by molar-refractivity contribution is 7.07. The van der Waals surface area contributed by atoms with Crippen LogP contribution in [0, 0.1) is 25.2 Å². The van der Waals surface area contributed by atoms with E-state index >= 15 is 0 Å². The Morgan fingerprint density at radius 2 is 1.62 bits per heavy atom. The lowest BCUT2D eigenvalue weighted by Gasteiger charge is -2.25. The van der Waals surface area contributed by atoms with Crippen molar-refractivity contribution in [3.8, 4) is 6.07 Å². The molecule has 3 N–H and O–H groups in total. The summed E-state index contributed by atoms with van der Waals surface area (Å²) >= 11 is 13.3. The van der Waals surface area contributed by atoms with E-state index in [1.807, 2.05) is 32.0 Å². The summed E-state index contributed by atoms with van der Waals surface area (Å²) in [5.74, 6) is -1.25. The molecule has 3 aromatic carbocycles. The number of nitrogens with zero attached hydrogens (tertiary/aromatic N) is 2. The highest BCUT2D eigenvalue weighted by atomic mass is 35.5. The fraction of sp³-hybridized carbons (Fsp3) is 0.100. The maximum atomic E-state index is 14.0. The van der Waals surface area contributed by atoms with Crippen molar-refractivity contribution in [2.24, 2.45) is 5.73 Å². The van der Waals surface area contributed by atoms with Gasteiger partial charge >= 0.3 is 0 Å². The first-order valence-electron chi connectivity index (χ1n) is 11.9. The molecule has 0 bridgehead atoms. The molecular weight excluding hydrogens is 551 g/mol. The fourth-order valence-corrected chi connectivity index (χ4v) is 6.14. The van der Waals surface area contributed by atoms with Crippen LogP contribution in [-0.2, 0) is 4.79 Å². The Kier molecular flexibility index (Phi) is 7.19. The molecule has 39 heavy (non-hydrogen) atoms. The zero-order valence-corrected chi connectivity index (χ0v) is 23.3. The molecule has 1 unspecified atom stereocenters. The molecule has 0 saturated carbocycles. The first-order valence-corrected chi connectivity index (χ1v) is 13.5. The van der Waals surface area contributed by atoms with Gasteiger partial charge in [0.05, 0.1) is 27.7 Å². The SMILES string of the molecule is Cc1cc(C)cc(NC(=O)C2=c3s/c(=C\c4ccc(Cl)cc4)c(=O)n3C(N)=C(C#N)C2c2ccc(Cl)cc2)c1. The van der Waals surface area contributed by atoms with Crippen LogP contribution in [0.3, 0.4) is 0 Å². The third-order valence-electron chi connectivity index (χ3n) is 6.36. The number of halogens is 2. The van der Waals surface area contributed by atoms with Crippen LogP contribution < -0.4 is 25.8 Å². The van der Waals surface area contributed by atoms with E-state index in [1.54, 1.807) is 54.6 Å². The van der Waals surface area contributed by atoms with Gasteiger partial charge in [0.25, 0.3) is 11.5 Å². The Morgan fingerprint density at radius 3 is 2.21 bits per heavy atom. The minimum Gasteiger partial charge on any atom is -0.384 e. The molecule has 1 aliphatic rings. The Bertz CT molecular complexity index is 1860. The maximum absolute atomic E-state index is 14.0. The van der Waals surface area contributed by atoms with Crippen molar-refractivity contribution in [1.29, 1.82) is 5.26 Å². The predicted octanol–water partition coefficient (Wildman–Crippen LogP) is 4.90. The maximum Gasteiger partial charge on any atom is 0.274 e. The summed E-state index contributed by atoms with van der Waals surface area (Å²) in [5, 5.41) is 14.3. The van der Waals surface area contributed by atoms with Crippen LogP contribution in [-0.4, -0.2) is 10.5 Å². The number of hydrogen-bond donors (Lipinski definition) is 2. The topological polar surface area (TPSA) is 101 Å². The van der Waals surface area contributed by atoms with Crippen molar-refractivity contribution in [2.45, 2.75) is 19.8 Å². The summed E-state index contributed by atoms with van der Waals surface area (Å²) in [6.45, 7) is 3.89. The Balaban J connectivity index is 1.80. The van der Waals surface area contributed by atoms with Gasteiger partial charge in [-0.25, -0.2) is 0 Å². The first-order chi connectivity index (χ1) is 18.7. The number of nitriles is 1. The number of rotatable bonds is 4. The van der Waals surface area contributed by atoms with E-state index in [9.17, 15) is 14.9 Å². The molecule has 1 aliphatic heterocycles. The molecule has 0 fully saturated rings. The fourth-order valence-electron chi connectivity index (χ4n) is 4.71. The van der Waals surface area contributed by atoms with Crippen LogP contribution in [0.1, 0.15) is 28.2 Å². The summed E-state index contributed by atoms with van der Waals surface area (Å²) in [7, 11) is 0. The van der Waals surface area contributed by atoms with Crippen molar-refractivity contribution in [3.63, 3.8) is 0 Å². The number of aromatic nitrogens is 1. The molecule has 4 aromatic rings. The number of nitrogens with one attached hydrogen (secondary N) is 1. The molecule has 1 atom stereocenters. The zero-order chi connectivity index (χ0) is 27.8. The molecule has 0 saturated heterocycles. The quantitative estimate of drug-likeness (QED) is 0.363. The summed E-state index contributed by atoms with van der Waals surface area (Å²) in [4.78, 5) is 27.6. The van der Waals surface area contributed by atoms with E-state index in [1.165, 1.54) is 4.57 Å². The lowest BCUT2D eigenvalue weighted by Crippen LogP contribution is -2.40. The summed E-state index contributed by atoms with van der Waals surface area (Å²) in [5.41, 5.74) is 10.4. The molecule has 0 spiro atoms. The average Bonchev–Trinajstić information content (AvgIpc) is 3.20. The Labute approximate surface area is 238 Å². The summed E-state index contributed by atoms with van der Waals surface area (Å²) < 4.78 is 1.98. The normalized spacial score (nSPS) is 15.2. The van der Waals surface area contributed by atoms with Gasteiger partial charge in [-0.05, 0) is 78.6 Å². The van der Waals surface area contributed by atoms with Crippen molar-refractivity contribution in [1.82, 2.24) is 4.57 Å². The van der Waals surface area contributed by atoms with Gasteiger partial charge < -0.3 is 11.1 Å². The molecule has 9 heteroatoms. The van der Waals surface area contributed by atoms with Crippen molar-refractivity contribution in [3.05, 3.63) is 124 Å². The number of benzene rings is 3. The van der Waals surface area contributed by atoms with Crippen LogP contribution in [0.2, 0.25) is 10.0 Å². The van der Waals surface area contributed by atoms with Crippen LogP contribution in [0.4, 0.5) is 5.69 Å². The second-order valence-corrected chi connectivity index (χ2v) is 11.2. The Hall–Kier alpha value is -4.09. The number of carbonyl (C=O) groups excluding carboxylic acids is 1. The summed E-state index contributed by atoms with van der Waals surface area (Å²) in [6.07, 6.45) is 1.71.